The van der Waals surface area contributed by atoms with Crippen LogP contribution < -0.4 is 5.32 Å². The molecule has 1 N–H and O–H groups in total. The van der Waals surface area contributed by atoms with Crippen LogP contribution in [0.25, 0.3) is 11.1 Å². The number of halogens is 1. The second-order valence-electron chi connectivity index (χ2n) is 7.59. The van der Waals surface area contributed by atoms with Crippen LogP contribution in [-0.4, -0.2) is 54.5 Å². The largest absolute Gasteiger partial charge is 0.339 e. The van der Waals surface area contributed by atoms with Crippen molar-refractivity contribution in [3.63, 3.8) is 0 Å². The van der Waals surface area contributed by atoms with Crippen LogP contribution in [0.2, 0.25) is 0 Å². The highest BCUT2D eigenvalue weighted by Gasteiger charge is 2.36. The Kier molecular flexibility index (Phi) is 5.22. The fourth-order valence-electron chi connectivity index (χ4n) is 4.84. The van der Waals surface area contributed by atoms with Crippen LogP contribution in [0, 0.1) is 0 Å². The average Bonchev–Trinajstić information content (AvgIpc) is 3.34. The van der Waals surface area contributed by atoms with Gasteiger partial charge in [0.15, 0.2) is 0 Å². The van der Waals surface area contributed by atoms with Crippen LogP contribution in [0.5, 0.6) is 0 Å². The molecule has 1 atom stereocenters. The molecule has 2 heterocycles. The van der Waals surface area contributed by atoms with Crippen molar-refractivity contribution in [2.75, 3.05) is 32.7 Å². The minimum absolute atomic E-state index is 0. The number of nitrogens with one attached hydrogen (secondary N) is 1. The van der Waals surface area contributed by atoms with Gasteiger partial charge in [-0.2, -0.15) is 0 Å². The Hall–Kier alpha value is -1.88. The molecule has 3 aliphatic rings. The molecule has 2 fully saturated rings. The van der Waals surface area contributed by atoms with E-state index in [2.05, 4.69) is 63.6 Å². The van der Waals surface area contributed by atoms with E-state index in [1.54, 1.807) is 0 Å². The molecule has 142 valence electrons. The molecule has 5 heteroatoms. The molecule has 5 rings (SSSR count). The summed E-state index contributed by atoms with van der Waals surface area (Å²) < 4.78 is 0. The molecule has 4 nitrogen and oxygen atoms in total. The SMILES string of the molecule is Cl.O=C(C1CCCN1)N1CCN(C2c3ccccc3-c3ccccc32)CC1. The first-order chi connectivity index (χ1) is 12.8. The third-order valence-electron chi connectivity index (χ3n) is 6.15. The predicted molar refractivity (Wildman–Crippen MR) is 110 cm³/mol. The number of piperazine rings is 1. The maximum Gasteiger partial charge on any atom is 0.239 e. The zero-order chi connectivity index (χ0) is 17.5. The van der Waals surface area contributed by atoms with Crippen molar-refractivity contribution in [2.45, 2.75) is 24.9 Å². The zero-order valence-corrected chi connectivity index (χ0v) is 16.3. The molecule has 27 heavy (non-hydrogen) atoms. The molecule has 0 radical (unpaired) electrons. The molecular weight excluding hydrogens is 358 g/mol. The summed E-state index contributed by atoms with van der Waals surface area (Å²) in [5.74, 6) is 0.300. The molecule has 2 aromatic carbocycles. The topological polar surface area (TPSA) is 35.6 Å². The highest BCUT2D eigenvalue weighted by Crippen LogP contribution is 2.46. The Bertz CT molecular complexity index is 780. The molecule has 0 saturated carbocycles. The van der Waals surface area contributed by atoms with Crippen molar-refractivity contribution in [2.24, 2.45) is 0 Å². The van der Waals surface area contributed by atoms with Crippen LogP contribution in [0.15, 0.2) is 48.5 Å². The maximum absolute atomic E-state index is 12.7. The quantitative estimate of drug-likeness (QED) is 0.865. The van der Waals surface area contributed by atoms with Crippen molar-refractivity contribution in [3.8, 4) is 11.1 Å². The Morgan fingerprint density at radius 3 is 2.04 bits per heavy atom. The number of amides is 1. The Balaban J connectivity index is 0.00000180. The smallest absolute Gasteiger partial charge is 0.239 e. The summed E-state index contributed by atoms with van der Waals surface area (Å²) in [5.41, 5.74) is 5.54. The van der Waals surface area contributed by atoms with E-state index in [4.69, 9.17) is 0 Å². The molecule has 2 aliphatic heterocycles. The van der Waals surface area contributed by atoms with E-state index >= 15 is 0 Å². The van der Waals surface area contributed by atoms with E-state index in [-0.39, 0.29) is 18.4 Å². The molecular formula is C22H26ClN3O. The minimum Gasteiger partial charge on any atom is -0.339 e. The number of carbonyl (C=O) groups is 1. The summed E-state index contributed by atoms with van der Waals surface area (Å²) in [4.78, 5) is 17.3. The standard InChI is InChI=1S/C22H25N3O.ClH/c26-22(20-10-5-11-23-20)25-14-12-24(13-15-25)21-18-8-3-1-6-16(18)17-7-2-4-9-19(17)21;/h1-4,6-9,20-21,23H,5,10-15H2;1H. The fourth-order valence-corrected chi connectivity index (χ4v) is 4.84. The van der Waals surface area contributed by atoms with Gasteiger partial charge < -0.3 is 10.2 Å². The van der Waals surface area contributed by atoms with E-state index in [0.29, 0.717) is 11.9 Å². The van der Waals surface area contributed by atoms with Gasteiger partial charge in [0.1, 0.15) is 0 Å². The first-order valence-electron chi connectivity index (χ1n) is 9.77. The lowest BCUT2D eigenvalue weighted by molar-refractivity contribution is -0.135. The molecule has 1 unspecified atom stereocenters. The van der Waals surface area contributed by atoms with Crippen LogP contribution in [0.4, 0.5) is 0 Å². The first-order valence-corrected chi connectivity index (χ1v) is 9.77. The van der Waals surface area contributed by atoms with Crippen LogP contribution in [0.3, 0.4) is 0 Å². The van der Waals surface area contributed by atoms with Crippen molar-refractivity contribution >= 4 is 18.3 Å². The van der Waals surface area contributed by atoms with E-state index in [9.17, 15) is 4.79 Å². The number of carbonyl (C=O) groups excluding carboxylic acids is 1. The van der Waals surface area contributed by atoms with E-state index in [1.165, 1.54) is 22.3 Å². The van der Waals surface area contributed by atoms with Crippen molar-refractivity contribution in [3.05, 3.63) is 59.7 Å². The van der Waals surface area contributed by atoms with E-state index < -0.39 is 0 Å². The molecule has 2 aromatic rings. The summed E-state index contributed by atoms with van der Waals surface area (Å²) in [6, 6.07) is 17.9. The van der Waals surface area contributed by atoms with Gasteiger partial charge in [-0.05, 0) is 41.6 Å². The third-order valence-corrected chi connectivity index (χ3v) is 6.15. The Labute approximate surface area is 167 Å². The second kappa shape index (κ2) is 7.63. The number of benzene rings is 2. The van der Waals surface area contributed by atoms with Gasteiger partial charge in [0, 0.05) is 26.2 Å². The van der Waals surface area contributed by atoms with Crippen LogP contribution in [-0.2, 0) is 4.79 Å². The van der Waals surface area contributed by atoms with Gasteiger partial charge in [0.05, 0.1) is 12.1 Å². The molecule has 0 spiro atoms. The van der Waals surface area contributed by atoms with Crippen molar-refractivity contribution < 1.29 is 4.79 Å². The van der Waals surface area contributed by atoms with Gasteiger partial charge in [-0.25, -0.2) is 0 Å². The number of fused-ring (bicyclic) bond motifs is 3. The van der Waals surface area contributed by atoms with Gasteiger partial charge in [0.2, 0.25) is 5.91 Å². The summed E-state index contributed by atoms with van der Waals surface area (Å²) in [6.07, 6.45) is 2.11. The lowest BCUT2D eigenvalue weighted by Gasteiger charge is -2.39. The minimum atomic E-state index is 0. The van der Waals surface area contributed by atoms with Gasteiger partial charge in [-0.15, -0.1) is 12.4 Å². The summed E-state index contributed by atoms with van der Waals surface area (Å²) in [7, 11) is 0. The lowest BCUT2D eigenvalue weighted by atomic mass is 10.0. The van der Waals surface area contributed by atoms with Gasteiger partial charge in [-0.1, -0.05) is 48.5 Å². The second-order valence-corrected chi connectivity index (χ2v) is 7.59. The fraction of sp³-hybridized carbons (Fsp3) is 0.409. The molecule has 1 amide bonds. The average molecular weight is 384 g/mol. The van der Waals surface area contributed by atoms with E-state index in [1.807, 2.05) is 0 Å². The molecule has 0 bridgehead atoms. The number of hydrogen-bond donors (Lipinski definition) is 1. The zero-order valence-electron chi connectivity index (χ0n) is 15.4. The summed E-state index contributed by atoms with van der Waals surface area (Å²) >= 11 is 0. The Morgan fingerprint density at radius 1 is 0.889 bits per heavy atom. The number of nitrogens with zero attached hydrogens (tertiary/aromatic N) is 2. The highest BCUT2D eigenvalue weighted by atomic mass is 35.5. The Morgan fingerprint density at radius 2 is 1.48 bits per heavy atom. The van der Waals surface area contributed by atoms with Gasteiger partial charge >= 0.3 is 0 Å². The maximum atomic E-state index is 12.7. The van der Waals surface area contributed by atoms with Crippen LogP contribution >= 0.6 is 12.4 Å². The number of hydrogen-bond acceptors (Lipinski definition) is 3. The van der Waals surface area contributed by atoms with E-state index in [0.717, 1.165) is 45.6 Å². The molecule has 0 aromatic heterocycles. The molecule has 2 saturated heterocycles. The number of rotatable bonds is 2. The first kappa shape index (κ1) is 18.5. The predicted octanol–water partition coefficient (Wildman–Crippen LogP) is 3.07. The lowest BCUT2D eigenvalue weighted by Crippen LogP contribution is -2.53. The highest BCUT2D eigenvalue weighted by molar-refractivity contribution is 5.85. The molecule has 1 aliphatic carbocycles. The van der Waals surface area contributed by atoms with Crippen LogP contribution in [0.1, 0.15) is 30.0 Å². The van der Waals surface area contributed by atoms with Gasteiger partial charge in [0.25, 0.3) is 0 Å². The van der Waals surface area contributed by atoms with Gasteiger partial charge in [-0.3, -0.25) is 9.69 Å². The third kappa shape index (κ3) is 3.16. The summed E-state index contributed by atoms with van der Waals surface area (Å²) in [6.45, 7) is 4.51. The monoisotopic (exact) mass is 383 g/mol. The van der Waals surface area contributed by atoms with Crippen molar-refractivity contribution in [1.82, 2.24) is 15.1 Å². The van der Waals surface area contributed by atoms with Crippen molar-refractivity contribution in [1.29, 1.82) is 0 Å². The normalized spacial score (nSPS) is 22.2. The summed E-state index contributed by atoms with van der Waals surface area (Å²) in [5, 5.41) is 3.34.